The van der Waals surface area contributed by atoms with Crippen molar-refractivity contribution in [2.45, 2.75) is 12.2 Å². The molecule has 4 rings (SSSR count). The van der Waals surface area contributed by atoms with Crippen LogP contribution in [0.3, 0.4) is 0 Å². The fourth-order valence-corrected chi connectivity index (χ4v) is 3.11. The van der Waals surface area contributed by atoms with Crippen LogP contribution in [0, 0.1) is 0 Å². The minimum atomic E-state index is 0.285. The van der Waals surface area contributed by atoms with Gasteiger partial charge in [0.2, 0.25) is 6.79 Å². The van der Waals surface area contributed by atoms with Crippen molar-refractivity contribution in [1.29, 1.82) is 0 Å². The number of aromatic nitrogens is 1. The van der Waals surface area contributed by atoms with Crippen molar-refractivity contribution in [3.8, 4) is 11.5 Å². The molecule has 0 aliphatic carbocycles. The van der Waals surface area contributed by atoms with Gasteiger partial charge < -0.3 is 9.47 Å². The summed E-state index contributed by atoms with van der Waals surface area (Å²) in [6.45, 7) is 0.285. The normalized spacial score (nSPS) is 15.6. The third kappa shape index (κ3) is 2.69. The molecule has 1 aromatic heterocycles. The van der Waals surface area contributed by atoms with Crippen molar-refractivity contribution in [2.75, 3.05) is 6.79 Å². The van der Waals surface area contributed by atoms with Crippen LogP contribution in [0.15, 0.2) is 52.8 Å². The Morgan fingerprint density at radius 2 is 2.00 bits per heavy atom. The van der Waals surface area contributed by atoms with Gasteiger partial charge in [0.15, 0.2) is 11.5 Å². The van der Waals surface area contributed by atoms with Crippen LogP contribution in [0.1, 0.15) is 17.7 Å². The van der Waals surface area contributed by atoms with E-state index in [-0.39, 0.29) is 6.79 Å². The lowest BCUT2D eigenvalue weighted by atomic mass is 10.1. The van der Waals surface area contributed by atoms with Gasteiger partial charge in [-0.25, -0.2) is 0 Å². The highest BCUT2D eigenvalue weighted by Gasteiger charge is 2.19. The Hall–Kier alpha value is -2.34. The molecule has 0 spiro atoms. The minimum absolute atomic E-state index is 0.285. The molecule has 0 unspecified atom stereocenters. The standard InChI is InChI=1S/C16H13N3O2S/c1-2-6-17-12(3-1)9-22-16-8-13(18-19-16)11-4-5-14-15(7-11)21-10-20-14/h1-7H,8-10H2. The molecule has 2 aromatic rings. The zero-order chi connectivity index (χ0) is 14.8. The summed E-state index contributed by atoms with van der Waals surface area (Å²) in [7, 11) is 0. The maximum Gasteiger partial charge on any atom is 0.231 e. The molecule has 0 fully saturated rings. The number of ether oxygens (including phenoxy) is 2. The van der Waals surface area contributed by atoms with E-state index in [0.29, 0.717) is 0 Å². The maximum absolute atomic E-state index is 5.40. The van der Waals surface area contributed by atoms with Crippen molar-refractivity contribution in [3.05, 3.63) is 53.9 Å². The number of fused-ring (bicyclic) bond motifs is 1. The van der Waals surface area contributed by atoms with E-state index >= 15 is 0 Å². The summed E-state index contributed by atoms with van der Waals surface area (Å²) in [6.07, 6.45) is 2.55. The largest absolute Gasteiger partial charge is 0.454 e. The molecule has 0 saturated heterocycles. The lowest BCUT2D eigenvalue weighted by molar-refractivity contribution is 0.174. The molecule has 5 nitrogen and oxygen atoms in total. The van der Waals surface area contributed by atoms with Crippen LogP contribution in [-0.2, 0) is 5.75 Å². The van der Waals surface area contributed by atoms with Gasteiger partial charge in [-0.05, 0) is 30.3 Å². The minimum Gasteiger partial charge on any atom is -0.454 e. The number of thioether (sulfide) groups is 1. The highest BCUT2D eigenvalue weighted by atomic mass is 32.2. The monoisotopic (exact) mass is 311 g/mol. The van der Waals surface area contributed by atoms with E-state index in [1.807, 2.05) is 36.4 Å². The molecule has 3 heterocycles. The highest BCUT2D eigenvalue weighted by molar-refractivity contribution is 8.13. The average molecular weight is 311 g/mol. The molecule has 110 valence electrons. The van der Waals surface area contributed by atoms with Crippen molar-refractivity contribution < 1.29 is 9.47 Å². The zero-order valence-electron chi connectivity index (χ0n) is 11.7. The van der Waals surface area contributed by atoms with Crippen LogP contribution in [0.5, 0.6) is 11.5 Å². The highest BCUT2D eigenvalue weighted by Crippen LogP contribution is 2.33. The van der Waals surface area contributed by atoms with E-state index in [9.17, 15) is 0 Å². The summed E-state index contributed by atoms with van der Waals surface area (Å²) in [5.41, 5.74) is 3.04. The molecule has 1 aromatic carbocycles. The summed E-state index contributed by atoms with van der Waals surface area (Å²) < 4.78 is 10.7. The van der Waals surface area contributed by atoms with Crippen molar-refractivity contribution >= 4 is 22.5 Å². The predicted molar refractivity (Wildman–Crippen MR) is 86.7 cm³/mol. The van der Waals surface area contributed by atoms with E-state index < -0.39 is 0 Å². The Morgan fingerprint density at radius 3 is 2.91 bits per heavy atom. The molecule has 0 radical (unpaired) electrons. The molecular formula is C16H13N3O2S. The first-order valence-electron chi connectivity index (χ1n) is 6.94. The Morgan fingerprint density at radius 1 is 1.05 bits per heavy atom. The Balaban J connectivity index is 1.39. The quantitative estimate of drug-likeness (QED) is 0.873. The molecule has 6 heteroatoms. The summed E-state index contributed by atoms with van der Waals surface area (Å²) in [5, 5.41) is 9.57. The third-order valence-electron chi connectivity index (χ3n) is 3.42. The molecule has 2 aliphatic rings. The number of rotatable bonds is 3. The lowest BCUT2D eigenvalue weighted by Gasteiger charge is -2.03. The fraction of sp³-hybridized carbons (Fsp3) is 0.188. The fourth-order valence-electron chi connectivity index (χ4n) is 2.29. The predicted octanol–water partition coefficient (Wildman–Crippen LogP) is 3.25. The van der Waals surface area contributed by atoms with Gasteiger partial charge in [-0.1, -0.05) is 6.07 Å². The Kier molecular flexibility index (Phi) is 3.52. The van der Waals surface area contributed by atoms with Crippen LogP contribution in [0.25, 0.3) is 0 Å². The number of pyridine rings is 1. The smallest absolute Gasteiger partial charge is 0.231 e. The molecule has 0 amide bonds. The van der Waals surface area contributed by atoms with E-state index in [1.165, 1.54) is 0 Å². The van der Waals surface area contributed by atoms with Crippen LogP contribution < -0.4 is 9.47 Å². The van der Waals surface area contributed by atoms with Gasteiger partial charge in [-0.15, -0.1) is 16.9 Å². The van der Waals surface area contributed by atoms with Gasteiger partial charge in [0.25, 0.3) is 0 Å². The van der Waals surface area contributed by atoms with Crippen molar-refractivity contribution in [3.63, 3.8) is 0 Å². The van der Waals surface area contributed by atoms with Crippen LogP contribution in [0.2, 0.25) is 0 Å². The summed E-state index contributed by atoms with van der Waals surface area (Å²) in [5.74, 6) is 2.37. The Labute approximate surface area is 132 Å². The molecule has 0 atom stereocenters. The molecule has 0 saturated carbocycles. The van der Waals surface area contributed by atoms with Crippen LogP contribution >= 0.6 is 11.8 Å². The van der Waals surface area contributed by atoms with Crippen molar-refractivity contribution in [1.82, 2.24) is 4.98 Å². The summed E-state index contributed by atoms with van der Waals surface area (Å²) in [6, 6.07) is 11.8. The molecule has 2 aliphatic heterocycles. The van der Waals surface area contributed by atoms with Gasteiger partial charge in [0.05, 0.1) is 11.4 Å². The molecule has 0 bridgehead atoms. The van der Waals surface area contributed by atoms with E-state index in [2.05, 4.69) is 15.2 Å². The third-order valence-corrected chi connectivity index (χ3v) is 4.42. The second-order valence-electron chi connectivity index (χ2n) is 4.89. The second-order valence-corrected chi connectivity index (χ2v) is 5.94. The first kappa shape index (κ1) is 13.3. The van der Waals surface area contributed by atoms with Gasteiger partial charge in [-0.2, -0.15) is 5.10 Å². The summed E-state index contributed by atoms with van der Waals surface area (Å²) in [4.78, 5) is 4.31. The van der Waals surface area contributed by atoms with Gasteiger partial charge in [0, 0.05) is 23.9 Å². The summed E-state index contributed by atoms with van der Waals surface area (Å²) >= 11 is 1.68. The SMILES string of the molecule is c1ccc(CSC2=NN=C(c3ccc4c(c3)OCO4)C2)nc1. The van der Waals surface area contributed by atoms with Crippen LogP contribution in [0.4, 0.5) is 0 Å². The zero-order valence-corrected chi connectivity index (χ0v) is 12.5. The number of benzene rings is 1. The topological polar surface area (TPSA) is 56.1 Å². The van der Waals surface area contributed by atoms with Gasteiger partial charge >= 0.3 is 0 Å². The van der Waals surface area contributed by atoms with Gasteiger partial charge in [-0.3, -0.25) is 4.98 Å². The Bertz CT molecular complexity index is 759. The molecule has 22 heavy (non-hydrogen) atoms. The average Bonchev–Trinajstić information content (AvgIpc) is 3.22. The maximum atomic E-state index is 5.40. The number of hydrogen-bond donors (Lipinski definition) is 0. The molecular weight excluding hydrogens is 298 g/mol. The van der Waals surface area contributed by atoms with E-state index in [0.717, 1.165) is 45.7 Å². The van der Waals surface area contributed by atoms with E-state index in [1.54, 1.807) is 18.0 Å². The number of nitrogens with zero attached hydrogens (tertiary/aromatic N) is 3. The van der Waals surface area contributed by atoms with Gasteiger partial charge in [0.1, 0.15) is 5.04 Å². The van der Waals surface area contributed by atoms with E-state index in [4.69, 9.17) is 9.47 Å². The van der Waals surface area contributed by atoms with Crippen molar-refractivity contribution in [2.24, 2.45) is 10.2 Å². The second kappa shape index (κ2) is 5.81. The number of hydrogen-bond acceptors (Lipinski definition) is 6. The van der Waals surface area contributed by atoms with Crippen LogP contribution in [-0.4, -0.2) is 22.5 Å². The first-order valence-corrected chi connectivity index (χ1v) is 7.93. The lowest BCUT2D eigenvalue weighted by Crippen LogP contribution is -2.02. The molecule has 0 N–H and O–H groups in total. The first-order chi connectivity index (χ1) is 10.9.